The third-order valence-corrected chi connectivity index (χ3v) is 10.4. The molecule has 2 aliphatic carbocycles. The number of carbonyl (C=O) groups excluding carboxylic acids is 3. The van der Waals surface area contributed by atoms with Crippen molar-refractivity contribution in [3.63, 3.8) is 0 Å². The van der Waals surface area contributed by atoms with Gasteiger partial charge < -0.3 is 34.9 Å². The third-order valence-electron chi connectivity index (χ3n) is 10.4. The first kappa shape index (κ1) is 37.1. The number of carboxylic acids is 1. The molecule has 3 aliphatic rings. The number of amides is 3. The molecule has 12 heteroatoms. The number of fused-ring (bicyclic) bond motifs is 2. The van der Waals surface area contributed by atoms with Crippen LogP contribution in [0, 0.1) is 5.92 Å². The molecule has 1 aromatic heterocycles. The number of aliphatic carboxylic acids is 1. The average molecular weight is 715 g/mol. The van der Waals surface area contributed by atoms with Crippen LogP contribution in [-0.2, 0) is 43.3 Å². The van der Waals surface area contributed by atoms with Gasteiger partial charge in [-0.1, -0.05) is 26.0 Å². The molecule has 2 aromatic carbocycles. The van der Waals surface area contributed by atoms with Crippen LogP contribution in [0.25, 0.3) is 22.2 Å². The predicted octanol–water partition coefficient (Wildman–Crippen LogP) is 5.56. The maximum atomic E-state index is 14.2. The fourth-order valence-corrected chi connectivity index (χ4v) is 7.39. The number of pyridine rings is 1. The highest BCUT2D eigenvalue weighted by atomic mass is 16.6. The molecule has 0 radical (unpaired) electrons. The Kier molecular flexibility index (Phi) is 10.5. The SMILES string of the molecule is COc1ccc2c(CO[C@@H]3C[C@@H](C(=O)NC4(C(=O)O)CCC4)N(C(=O)[C@@H](NC(=O)OC(C)(C)C)C(C)C)C3)cc(-c3ccc4c(c3)CCC4)nc2c1. The zero-order chi connectivity index (χ0) is 37.4. The van der Waals surface area contributed by atoms with Crippen LogP contribution >= 0.6 is 0 Å². The standard InChI is InChI=1S/C40H50N4O8/c1-23(2)34(42-38(49)52-39(3,4)5)36(46)44-21-29(20-33(44)35(45)43-40(37(47)48)15-8-16-40)51-22-27-18-31(26-12-11-24-9-7-10-25(24)17-26)41-32-19-28(50-6)13-14-30(27)32/h11-14,17-19,23,29,33-34H,7-10,15-16,20-22H2,1-6H3,(H,42,49)(H,43,45)(H,47,48)/t29-,33+,34+/m1/s1. The van der Waals surface area contributed by atoms with Crippen molar-refractivity contribution < 1.29 is 38.5 Å². The number of aryl methyl sites for hydroxylation is 2. The number of carbonyl (C=O) groups is 4. The van der Waals surface area contributed by atoms with Crippen molar-refractivity contribution in [2.24, 2.45) is 5.92 Å². The number of benzene rings is 2. The van der Waals surface area contributed by atoms with Crippen molar-refractivity contribution in [2.45, 2.75) is 115 Å². The first-order valence-corrected chi connectivity index (χ1v) is 18.2. The average Bonchev–Trinajstić information content (AvgIpc) is 3.73. The molecule has 0 unspecified atom stereocenters. The maximum Gasteiger partial charge on any atom is 0.408 e. The lowest BCUT2D eigenvalue weighted by atomic mass is 9.76. The van der Waals surface area contributed by atoms with Gasteiger partial charge in [-0.25, -0.2) is 14.6 Å². The molecule has 52 heavy (non-hydrogen) atoms. The fraction of sp³-hybridized carbons (Fsp3) is 0.525. The smallest absolute Gasteiger partial charge is 0.408 e. The van der Waals surface area contributed by atoms with Gasteiger partial charge in [0.2, 0.25) is 11.8 Å². The molecule has 3 atom stereocenters. The molecule has 1 saturated heterocycles. The Morgan fingerprint density at radius 3 is 2.42 bits per heavy atom. The molecule has 3 aromatic rings. The summed E-state index contributed by atoms with van der Waals surface area (Å²) in [6.07, 6.45) is 3.44. The van der Waals surface area contributed by atoms with Crippen molar-refractivity contribution in [3.05, 3.63) is 59.2 Å². The van der Waals surface area contributed by atoms with Crippen LogP contribution in [0.1, 0.15) is 83.4 Å². The molecule has 1 aliphatic heterocycles. The van der Waals surface area contributed by atoms with Gasteiger partial charge >= 0.3 is 12.1 Å². The number of nitrogens with zero attached hydrogens (tertiary/aromatic N) is 2. The Bertz CT molecular complexity index is 1860. The minimum Gasteiger partial charge on any atom is -0.497 e. The maximum absolute atomic E-state index is 14.2. The van der Waals surface area contributed by atoms with Gasteiger partial charge in [-0.15, -0.1) is 0 Å². The molecule has 0 bridgehead atoms. The van der Waals surface area contributed by atoms with E-state index in [9.17, 15) is 24.3 Å². The number of nitrogens with one attached hydrogen (secondary N) is 2. The number of methoxy groups -OCH3 is 1. The van der Waals surface area contributed by atoms with E-state index >= 15 is 0 Å². The lowest BCUT2D eigenvalue weighted by Gasteiger charge is -2.40. The van der Waals surface area contributed by atoms with Gasteiger partial charge in [-0.05, 0) is 106 Å². The topological polar surface area (TPSA) is 156 Å². The van der Waals surface area contributed by atoms with Crippen LogP contribution in [0.4, 0.5) is 4.79 Å². The number of hydrogen-bond donors (Lipinski definition) is 3. The van der Waals surface area contributed by atoms with Crippen molar-refractivity contribution in [2.75, 3.05) is 13.7 Å². The molecule has 0 spiro atoms. The van der Waals surface area contributed by atoms with Gasteiger partial charge in [-0.3, -0.25) is 9.59 Å². The first-order valence-electron chi connectivity index (χ1n) is 18.2. The molecule has 278 valence electrons. The Morgan fingerprint density at radius 2 is 1.77 bits per heavy atom. The predicted molar refractivity (Wildman–Crippen MR) is 195 cm³/mol. The summed E-state index contributed by atoms with van der Waals surface area (Å²) >= 11 is 0. The molecular formula is C40H50N4O8. The molecular weight excluding hydrogens is 664 g/mol. The van der Waals surface area contributed by atoms with Crippen LogP contribution in [0.2, 0.25) is 0 Å². The zero-order valence-corrected chi connectivity index (χ0v) is 30.9. The van der Waals surface area contributed by atoms with Gasteiger partial charge in [0.15, 0.2) is 0 Å². The van der Waals surface area contributed by atoms with Crippen molar-refractivity contribution in [1.82, 2.24) is 20.5 Å². The van der Waals surface area contributed by atoms with E-state index in [-0.39, 0.29) is 25.5 Å². The van der Waals surface area contributed by atoms with Crippen LogP contribution in [0.5, 0.6) is 5.75 Å². The van der Waals surface area contributed by atoms with Crippen LogP contribution in [0.3, 0.4) is 0 Å². The van der Waals surface area contributed by atoms with E-state index in [1.807, 2.05) is 24.3 Å². The highest BCUT2D eigenvalue weighted by Crippen LogP contribution is 2.35. The minimum atomic E-state index is -1.36. The zero-order valence-electron chi connectivity index (χ0n) is 30.9. The number of aromatic nitrogens is 1. The normalized spacial score (nSPS) is 19.9. The second-order valence-electron chi connectivity index (χ2n) is 15.7. The number of hydrogen-bond acceptors (Lipinski definition) is 8. The third kappa shape index (κ3) is 7.86. The van der Waals surface area contributed by atoms with Crippen LogP contribution in [-0.4, -0.2) is 81.8 Å². The number of alkyl carbamates (subject to hydrolysis) is 1. The molecule has 6 rings (SSSR count). The molecule has 3 amide bonds. The summed E-state index contributed by atoms with van der Waals surface area (Å²) < 4.78 is 17.5. The van der Waals surface area contributed by atoms with E-state index in [1.165, 1.54) is 16.0 Å². The van der Waals surface area contributed by atoms with Gasteiger partial charge in [0.05, 0.1) is 31.0 Å². The van der Waals surface area contributed by atoms with E-state index in [2.05, 4.69) is 28.8 Å². The largest absolute Gasteiger partial charge is 0.497 e. The lowest BCUT2D eigenvalue weighted by Crippen LogP contribution is -2.63. The second-order valence-corrected chi connectivity index (χ2v) is 15.7. The molecule has 2 heterocycles. The Morgan fingerprint density at radius 1 is 1.02 bits per heavy atom. The molecule has 2 fully saturated rings. The van der Waals surface area contributed by atoms with E-state index in [0.717, 1.165) is 47.0 Å². The van der Waals surface area contributed by atoms with Gasteiger partial charge in [-0.2, -0.15) is 0 Å². The monoisotopic (exact) mass is 714 g/mol. The minimum absolute atomic E-state index is 0.0741. The lowest BCUT2D eigenvalue weighted by molar-refractivity contribution is -0.153. The Balaban J connectivity index is 1.27. The van der Waals surface area contributed by atoms with E-state index in [4.69, 9.17) is 19.2 Å². The summed E-state index contributed by atoms with van der Waals surface area (Å²) in [6.45, 7) is 9.05. The van der Waals surface area contributed by atoms with Crippen molar-refractivity contribution in [1.29, 1.82) is 0 Å². The summed E-state index contributed by atoms with van der Waals surface area (Å²) in [5, 5.41) is 16.3. The highest BCUT2D eigenvalue weighted by molar-refractivity contribution is 5.95. The summed E-state index contributed by atoms with van der Waals surface area (Å²) in [6, 6.07) is 12.3. The van der Waals surface area contributed by atoms with Gasteiger partial charge in [0.1, 0.15) is 29.0 Å². The van der Waals surface area contributed by atoms with E-state index < -0.39 is 53.2 Å². The van der Waals surface area contributed by atoms with Gasteiger partial charge in [0, 0.05) is 30.0 Å². The van der Waals surface area contributed by atoms with Crippen molar-refractivity contribution >= 4 is 34.8 Å². The van der Waals surface area contributed by atoms with E-state index in [1.54, 1.807) is 41.7 Å². The highest BCUT2D eigenvalue weighted by Gasteiger charge is 2.50. The fourth-order valence-electron chi connectivity index (χ4n) is 7.39. The summed E-state index contributed by atoms with van der Waals surface area (Å²) in [7, 11) is 1.62. The Labute approximate surface area is 304 Å². The summed E-state index contributed by atoms with van der Waals surface area (Å²) in [5.41, 5.74) is 4.05. The quantitative estimate of drug-likeness (QED) is 0.232. The van der Waals surface area contributed by atoms with E-state index in [0.29, 0.717) is 25.0 Å². The number of rotatable bonds is 11. The number of carboxylic acid groups (broad SMARTS) is 1. The summed E-state index contributed by atoms with van der Waals surface area (Å²) in [5.74, 6) is -1.77. The molecule has 1 saturated carbocycles. The molecule has 3 N–H and O–H groups in total. The van der Waals surface area contributed by atoms with Crippen LogP contribution in [0.15, 0.2) is 42.5 Å². The Hall–Kier alpha value is -4.71. The van der Waals surface area contributed by atoms with Crippen molar-refractivity contribution in [3.8, 4) is 17.0 Å². The number of ether oxygens (including phenoxy) is 3. The second kappa shape index (κ2) is 14.7. The first-order chi connectivity index (χ1) is 24.7. The molecule has 12 nitrogen and oxygen atoms in total. The summed E-state index contributed by atoms with van der Waals surface area (Å²) in [4.78, 5) is 59.4. The number of likely N-dealkylation sites (tertiary alicyclic amines) is 1. The van der Waals surface area contributed by atoms with Crippen LogP contribution < -0.4 is 15.4 Å². The van der Waals surface area contributed by atoms with Gasteiger partial charge in [0.25, 0.3) is 0 Å².